The van der Waals surface area contributed by atoms with Crippen molar-refractivity contribution in [2.75, 3.05) is 0 Å². The van der Waals surface area contributed by atoms with Gasteiger partial charge in [-0.2, -0.15) is 0 Å². The molecular weight excluding hydrogens is 288 g/mol. The van der Waals surface area contributed by atoms with Gasteiger partial charge in [-0.1, -0.05) is 36.0 Å². The van der Waals surface area contributed by atoms with E-state index in [-0.39, 0.29) is 6.42 Å². The summed E-state index contributed by atoms with van der Waals surface area (Å²) in [6.45, 7) is 3.14. The fraction of sp³-hybridized carbons (Fsp3) is 0.357. The van der Waals surface area contributed by atoms with Gasteiger partial charge in [-0.05, 0) is 18.1 Å². The van der Waals surface area contributed by atoms with Crippen molar-refractivity contribution in [2.24, 2.45) is 5.73 Å². The van der Waals surface area contributed by atoms with Crippen molar-refractivity contribution < 1.29 is 9.90 Å². The van der Waals surface area contributed by atoms with E-state index >= 15 is 0 Å². The molecule has 2 aromatic rings. The average molecular weight is 306 g/mol. The van der Waals surface area contributed by atoms with E-state index in [0.717, 1.165) is 28.7 Å². The predicted molar refractivity (Wildman–Crippen MR) is 80.9 cm³/mol. The minimum atomic E-state index is -0.824. The van der Waals surface area contributed by atoms with Gasteiger partial charge in [-0.25, -0.2) is 0 Å². The summed E-state index contributed by atoms with van der Waals surface area (Å²) in [4.78, 5) is 10.9. The van der Waals surface area contributed by atoms with Gasteiger partial charge in [0.2, 0.25) is 0 Å². The average Bonchev–Trinajstić information content (AvgIpc) is 2.87. The standard InChI is InChI=1S/C14H18N4O2S/c1-2-18-12(8-15)16-17-14(18)21-9-11-6-4-3-5-10(11)7-13(19)20/h3-6H,2,7-9,15H2,1H3,(H,19,20). The van der Waals surface area contributed by atoms with Crippen molar-refractivity contribution in [1.82, 2.24) is 14.8 Å². The molecule has 0 saturated heterocycles. The molecule has 0 amide bonds. The third kappa shape index (κ3) is 3.83. The maximum Gasteiger partial charge on any atom is 0.307 e. The zero-order valence-corrected chi connectivity index (χ0v) is 12.6. The Bertz CT molecular complexity index is 627. The van der Waals surface area contributed by atoms with E-state index in [4.69, 9.17) is 10.8 Å². The van der Waals surface area contributed by atoms with Crippen LogP contribution < -0.4 is 5.73 Å². The van der Waals surface area contributed by atoms with Crippen molar-refractivity contribution >= 4 is 17.7 Å². The molecule has 0 aliphatic rings. The summed E-state index contributed by atoms with van der Waals surface area (Å²) < 4.78 is 1.98. The zero-order valence-electron chi connectivity index (χ0n) is 11.8. The van der Waals surface area contributed by atoms with Gasteiger partial charge in [0.25, 0.3) is 0 Å². The molecule has 0 fully saturated rings. The summed E-state index contributed by atoms with van der Waals surface area (Å²) in [6.07, 6.45) is 0.0330. The third-order valence-corrected chi connectivity index (χ3v) is 4.12. The zero-order chi connectivity index (χ0) is 15.2. The highest BCUT2D eigenvalue weighted by Crippen LogP contribution is 2.24. The minimum absolute atomic E-state index is 0.0330. The molecule has 1 aromatic heterocycles. The Morgan fingerprint density at radius 3 is 2.67 bits per heavy atom. The number of carbonyl (C=O) groups is 1. The second-order valence-electron chi connectivity index (χ2n) is 4.48. The van der Waals surface area contributed by atoms with Crippen LogP contribution in [0.5, 0.6) is 0 Å². The van der Waals surface area contributed by atoms with Crippen LogP contribution >= 0.6 is 11.8 Å². The predicted octanol–water partition coefficient (Wildman–Crippen LogP) is 1.68. The Labute approximate surface area is 127 Å². The summed E-state index contributed by atoms with van der Waals surface area (Å²) in [5, 5.41) is 18.0. The molecule has 0 aliphatic carbocycles. The molecule has 1 aromatic carbocycles. The molecule has 0 bridgehead atoms. The van der Waals surface area contributed by atoms with Crippen molar-refractivity contribution in [3.8, 4) is 0 Å². The highest BCUT2D eigenvalue weighted by Gasteiger charge is 2.12. The summed E-state index contributed by atoms with van der Waals surface area (Å²) in [6, 6.07) is 7.56. The number of thioether (sulfide) groups is 1. The summed E-state index contributed by atoms with van der Waals surface area (Å²) in [7, 11) is 0. The van der Waals surface area contributed by atoms with Crippen LogP contribution in [0.3, 0.4) is 0 Å². The number of hydrogen-bond acceptors (Lipinski definition) is 5. The molecule has 0 unspecified atom stereocenters. The summed E-state index contributed by atoms with van der Waals surface area (Å²) in [5.74, 6) is 0.597. The molecule has 21 heavy (non-hydrogen) atoms. The maximum atomic E-state index is 10.9. The van der Waals surface area contributed by atoms with Crippen molar-refractivity contribution in [3.05, 3.63) is 41.2 Å². The smallest absolute Gasteiger partial charge is 0.307 e. The van der Waals surface area contributed by atoms with Crippen LogP contribution in [0.2, 0.25) is 0 Å². The number of hydrogen-bond donors (Lipinski definition) is 2. The van der Waals surface area contributed by atoms with Gasteiger partial charge in [0.1, 0.15) is 5.82 Å². The molecule has 0 atom stereocenters. The molecule has 112 valence electrons. The molecule has 0 saturated carbocycles. The number of carboxylic acids is 1. The largest absolute Gasteiger partial charge is 0.481 e. The lowest BCUT2D eigenvalue weighted by molar-refractivity contribution is -0.136. The second-order valence-corrected chi connectivity index (χ2v) is 5.42. The van der Waals surface area contributed by atoms with Crippen LogP contribution in [0, 0.1) is 0 Å². The second kappa shape index (κ2) is 7.24. The first kappa shape index (κ1) is 15.5. The maximum absolute atomic E-state index is 10.9. The van der Waals surface area contributed by atoms with Crippen LogP contribution in [0.15, 0.2) is 29.4 Å². The van der Waals surface area contributed by atoms with Gasteiger partial charge in [0.05, 0.1) is 13.0 Å². The topological polar surface area (TPSA) is 94.0 Å². The van der Waals surface area contributed by atoms with Crippen LogP contribution in [0.4, 0.5) is 0 Å². The number of rotatable bonds is 7. The molecule has 0 aliphatic heterocycles. The lowest BCUT2D eigenvalue weighted by atomic mass is 10.1. The summed E-state index contributed by atoms with van der Waals surface area (Å²) >= 11 is 1.54. The molecule has 0 radical (unpaired) electrons. The molecule has 7 heteroatoms. The van der Waals surface area contributed by atoms with Gasteiger partial charge in [0.15, 0.2) is 5.16 Å². The van der Waals surface area contributed by atoms with Gasteiger partial charge in [-0.3, -0.25) is 4.79 Å². The fourth-order valence-electron chi connectivity index (χ4n) is 2.07. The Balaban J connectivity index is 2.13. The number of nitrogens with zero attached hydrogens (tertiary/aromatic N) is 3. The molecule has 6 nitrogen and oxygen atoms in total. The molecule has 2 rings (SSSR count). The molecule has 0 spiro atoms. The van der Waals surface area contributed by atoms with E-state index in [0.29, 0.717) is 12.3 Å². The number of benzene rings is 1. The van der Waals surface area contributed by atoms with Crippen molar-refractivity contribution in [3.63, 3.8) is 0 Å². The van der Waals surface area contributed by atoms with Gasteiger partial charge in [0, 0.05) is 12.3 Å². The molecule has 3 N–H and O–H groups in total. The lowest BCUT2D eigenvalue weighted by Crippen LogP contribution is -2.08. The monoisotopic (exact) mass is 306 g/mol. The van der Waals surface area contributed by atoms with E-state index < -0.39 is 5.97 Å². The molecule has 1 heterocycles. The number of carboxylic acid groups (broad SMARTS) is 1. The minimum Gasteiger partial charge on any atom is -0.481 e. The van der Waals surface area contributed by atoms with E-state index in [1.165, 1.54) is 0 Å². The Kier molecular flexibility index (Phi) is 5.35. The van der Waals surface area contributed by atoms with Gasteiger partial charge >= 0.3 is 5.97 Å². The van der Waals surface area contributed by atoms with Crippen molar-refractivity contribution in [1.29, 1.82) is 0 Å². The van der Waals surface area contributed by atoms with E-state index in [1.54, 1.807) is 11.8 Å². The lowest BCUT2D eigenvalue weighted by Gasteiger charge is -2.08. The van der Waals surface area contributed by atoms with Crippen LogP contribution in [-0.4, -0.2) is 25.8 Å². The fourth-order valence-corrected chi connectivity index (χ4v) is 3.13. The Morgan fingerprint density at radius 1 is 1.33 bits per heavy atom. The SMILES string of the molecule is CCn1c(CN)nnc1SCc1ccccc1CC(=O)O. The Hall–Kier alpha value is -1.86. The Morgan fingerprint density at radius 2 is 2.05 bits per heavy atom. The first-order valence-electron chi connectivity index (χ1n) is 6.69. The van der Waals surface area contributed by atoms with Crippen LogP contribution in [-0.2, 0) is 30.1 Å². The number of nitrogens with two attached hydrogens (primary N) is 1. The number of aromatic nitrogens is 3. The highest BCUT2D eigenvalue weighted by atomic mass is 32.2. The highest BCUT2D eigenvalue weighted by molar-refractivity contribution is 7.98. The van der Waals surface area contributed by atoms with Crippen molar-refractivity contribution in [2.45, 2.75) is 37.3 Å². The van der Waals surface area contributed by atoms with Crippen LogP contribution in [0.1, 0.15) is 23.9 Å². The van der Waals surface area contributed by atoms with Gasteiger partial charge < -0.3 is 15.4 Å². The first-order valence-corrected chi connectivity index (χ1v) is 7.67. The number of aliphatic carboxylic acids is 1. The van der Waals surface area contributed by atoms with Crippen LogP contribution in [0.25, 0.3) is 0 Å². The third-order valence-electron chi connectivity index (χ3n) is 3.11. The first-order chi connectivity index (χ1) is 10.2. The van der Waals surface area contributed by atoms with E-state index in [9.17, 15) is 4.79 Å². The van der Waals surface area contributed by atoms with Gasteiger partial charge in [-0.15, -0.1) is 10.2 Å². The summed E-state index contributed by atoms with van der Waals surface area (Å²) in [5.41, 5.74) is 7.46. The van der Waals surface area contributed by atoms with E-state index in [1.807, 2.05) is 35.8 Å². The quantitative estimate of drug-likeness (QED) is 0.756. The normalized spacial score (nSPS) is 10.8. The van der Waals surface area contributed by atoms with E-state index in [2.05, 4.69) is 10.2 Å². The molecular formula is C14H18N4O2S.